The number of hydrogen-bond donors (Lipinski definition) is 2. The number of carbonyl (C=O) groups is 2. The van der Waals surface area contributed by atoms with Crippen LogP contribution in [-0.2, 0) is 26.0 Å². The van der Waals surface area contributed by atoms with E-state index in [0.29, 0.717) is 35.5 Å². The molecule has 2 heterocycles. The second-order valence-electron chi connectivity index (χ2n) is 8.18. The van der Waals surface area contributed by atoms with Crippen LogP contribution in [0.3, 0.4) is 0 Å². The van der Waals surface area contributed by atoms with E-state index >= 15 is 0 Å². The van der Waals surface area contributed by atoms with E-state index in [4.69, 9.17) is 4.74 Å². The average Bonchev–Trinajstić information content (AvgIpc) is 3.26. The normalized spacial score (nSPS) is 20.9. The van der Waals surface area contributed by atoms with Gasteiger partial charge in [0, 0.05) is 18.3 Å². The van der Waals surface area contributed by atoms with Crippen molar-refractivity contribution in [2.75, 3.05) is 17.2 Å². The zero-order chi connectivity index (χ0) is 23.0. The zero-order valence-corrected chi connectivity index (χ0v) is 19.2. The monoisotopic (exact) mass is 457 g/mol. The highest BCUT2D eigenvalue weighted by molar-refractivity contribution is 7.89. The Bertz CT molecular complexity index is 1160. The third-order valence-corrected chi connectivity index (χ3v) is 7.98. The molecule has 1 fully saturated rings. The number of hydrogen-bond acceptors (Lipinski definition) is 5. The molecule has 2 N–H and O–H groups in total. The van der Waals surface area contributed by atoms with E-state index in [-0.39, 0.29) is 23.3 Å². The summed E-state index contributed by atoms with van der Waals surface area (Å²) in [4.78, 5) is 24.9. The first kappa shape index (κ1) is 22.3. The summed E-state index contributed by atoms with van der Waals surface area (Å²) in [5.74, 6) is -0.323. The van der Waals surface area contributed by atoms with Gasteiger partial charge in [-0.25, -0.2) is 8.42 Å². The van der Waals surface area contributed by atoms with Crippen molar-refractivity contribution in [3.63, 3.8) is 0 Å². The fraction of sp³-hybridized carbons (Fsp3) is 0.391. The zero-order valence-electron chi connectivity index (χ0n) is 18.3. The Morgan fingerprint density at radius 2 is 1.97 bits per heavy atom. The van der Waals surface area contributed by atoms with Gasteiger partial charge in [-0.05, 0) is 62.4 Å². The standard InChI is InChI=1S/C23H27N3O5S/c1-4-16-7-9-17(10-8-16)24-23(28)19-6-5-11-26(19)32(29,30)21-13-20-18(12-14(21)2)25-22(27)15(3)31-20/h7-10,12-13,15,19H,4-6,11H2,1-3H3,(H,24,28)(H,25,27)/t15-,19+/m0/s1. The molecule has 2 aliphatic heterocycles. The Labute approximate surface area is 188 Å². The summed E-state index contributed by atoms with van der Waals surface area (Å²) in [5.41, 5.74) is 2.71. The Hall–Kier alpha value is -2.91. The number of amides is 2. The minimum absolute atomic E-state index is 0.0756. The van der Waals surface area contributed by atoms with Crippen LogP contribution < -0.4 is 15.4 Å². The van der Waals surface area contributed by atoms with Crippen molar-refractivity contribution < 1.29 is 22.7 Å². The van der Waals surface area contributed by atoms with E-state index < -0.39 is 22.2 Å². The maximum atomic E-state index is 13.5. The van der Waals surface area contributed by atoms with Crippen molar-refractivity contribution >= 4 is 33.2 Å². The van der Waals surface area contributed by atoms with E-state index in [0.717, 1.165) is 12.0 Å². The van der Waals surface area contributed by atoms with Crippen molar-refractivity contribution in [1.29, 1.82) is 0 Å². The lowest BCUT2D eigenvalue weighted by Gasteiger charge is -2.27. The summed E-state index contributed by atoms with van der Waals surface area (Å²) in [6.45, 7) is 5.58. The molecule has 2 aromatic carbocycles. The molecular formula is C23H27N3O5S. The Kier molecular flexibility index (Phi) is 5.96. The van der Waals surface area contributed by atoms with E-state index in [1.54, 1.807) is 19.9 Å². The number of sulfonamides is 1. The largest absolute Gasteiger partial charge is 0.479 e. The van der Waals surface area contributed by atoms with E-state index in [2.05, 4.69) is 17.6 Å². The predicted molar refractivity (Wildman–Crippen MR) is 121 cm³/mol. The van der Waals surface area contributed by atoms with E-state index in [1.165, 1.54) is 10.4 Å². The number of carbonyl (C=O) groups excluding carboxylic acids is 2. The Morgan fingerprint density at radius 3 is 2.66 bits per heavy atom. The van der Waals surface area contributed by atoms with Crippen LogP contribution in [0.25, 0.3) is 0 Å². The van der Waals surface area contributed by atoms with Gasteiger partial charge in [-0.2, -0.15) is 4.31 Å². The molecule has 4 rings (SSSR count). The van der Waals surface area contributed by atoms with Gasteiger partial charge in [0.2, 0.25) is 15.9 Å². The average molecular weight is 458 g/mol. The van der Waals surface area contributed by atoms with Gasteiger partial charge in [-0.1, -0.05) is 19.1 Å². The quantitative estimate of drug-likeness (QED) is 0.718. The number of anilines is 2. The van der Waals surface area contributed by atoms with Crippen molar-refractivity contribution in [3.05, 3.63) is 47.5 Å². The number of nitrogens with zero attached hydrogens (tertiary/aromatic N) is 1. The molecule has 0 bridgehead atoms. The van der Waals surface area contributed by atoms with Crippen molar-refractivity contribution in [3.8, 4) is 5.75 Å². The van der Waals surface area contributed by atoms with Gasteiger partial charge >= 0.3 is 0 Å². The van der Waals surface area contributed by atoms with Gasteiger partial charge in [0.05, 0.1) is 10.6 Å². The smallest absolute Gasteiger partial charge is 0.265 e. The van der Waals surface area contributed by atoms with Crippen LogP contribution >= 0.6 is 0 Å². The number of rotatable bonds is 5. The number of nitrogens with one attached hydrogen (secondary N) is 2. The van der Waals surface area contributed by atoms with Crippen LogP contribution in [0.15, 0.2) is 41.3 Å². The summed E-state index contributed by atoms with van der Waals surface area (Å²) in [7, 11) is -3.95. The molecule has 0 aromatic heterocycles. The SMILES string of the molecule is CCc1ccc(NC(=O)[C@H]2CCCN2S(=O)(=O)c2cc3c(cc2C)NC(=O)[C@H](C)O3)cc1. The lowest BCUT2D eigenvalue weighted by Crippen LogP contribution is -2.43. The first-order valence-corrected chi connectivity index (χ1v) is 12.2. The van der Waals surface area contributed by atoms with Crippen LogP contribution in [0.2, 0.25) is 0 Å². The number of aryl methyl sites for hydroxylation is 2. The van der Waals surface area contributed by atoms with E-state index in [1.807, 2.05) is 24.3 Å². The molecule has 1 saturated heterocycles. The molecule has 2 amide bonds. The molecule has 32 heavy (non-hydrogen) atoms. The fourth-order valence-electron chi connectivity index (χ4n) is 4.09. The molecule has 8 nitrogen and oxygen atoms in total. The molecule has 0 saturated carbocycles. The summed E-state index contributed by atoms with van der Waals surface area (Å²) in [6.07, 6.45) is 1.23. The minimum atomic E-state index is -3.95. The van der Waals surface area contributed by atoms with Crippen molar-refractivity contribution in [1.82, 2.24) is 4.31 Å². The summed E-state index contributed by atoms with van der Waals surface area (Å²) in [5, 5.41) is 5.57. The van der Waals surface area contributed by atoms with Gasteiger partial charge in [0.25, 0.3) is 5.91 Å². The minimum Gasteiger partial charge on any atom is -0.479 e. The molecule has 2 atom stereocenters. The number of fused-ring (bicyclic) bond motifs is 1. The van der Waals surface area contributed by atoms with Gasteiger partial charge in [0.1, 0.15) is 11.8 Å². The van der Waals surface area contributed by atoms with Gasteiger partial charge < -0.3 is 15.4 Å². The van der Waals surface area contributed by atoms with Crippen LogP contribution in [-0.4, -0.2) is 43.2 Å². The van der Waals surface area contributed by atoms with Gasteiger partial charge in [-0.3, -0.25) is 9.59 Å². The molecule has 0 radical (unpaired) electrons. The molecule has 0 spiro atoms. The Morgan fingerprint density at radius 1 is 1.25 bits per heavy atom. The van der Waals surface area contributed by atoms with Crippen molar-refractivity contribution in [2.45, 2.75) is 57.1 Å². The molecule has 9 heteroatoms. The second-order valence-corrected chi connectivity index (χ2v) is 10.0. The van der Waals surface area contributed by atoms with E-state index in [9.17, 15) is 18.0 Å². The molecular weight excluding hydrogens is 430 g/mol. The summed E-state index contributed by atoms with van der Waals surface area (Å²) >= 11 is 0. The third-order valence-electron chi connectivity index (χ3n) is 5.93. The summed E-state index contributed by atoms with van der Waals surface area (Å²) in [6, 6.07) is 9.76. The molecule has 2 aliphatic rings. The number of benzene rings is 2. The lowest BCUT2D eigenvalue weighted by atomic mass is 10.1. The Balaban J connectivity index is 1.59. The summed E-state index contributed by atoms with van der Waals surface area (Å²) < 4.78 is 33.9. The molecule has 0 aliphatic carbocycles. The van der Waals surface area contributed by atoms with Gasteiger partial charge in [-0.15, -0.1) is 0 Å². The second kappa shape index (κ2) is 8.55. The lowest BCUT2D eigenvalue weighted by molar-refractivity contribution is -0.122. The topological polar surface area (TPSA) is 105 Å². The highest BCUT2D eigenvalue weighted by Gasteiger charge is 2.40. The van der Waals surface area contributed by atoms with Crippen LogP contribution in [0, 0.1) is 6.92 Å². The maximum absolute atomic E-state index is 13.5. The highest BCUT2D eigenvalue weighted by atomic mass is 32.2. The van der Waals surface area contributed by atoms with Crippen LogP contribution in [0.5, 0.6) is 5.75 Å². The fourth-order valence-corrected chi connectivity index (χ4v) is 5.97. The molecule has 2 aromatic rings. The first-order valence-electron chi connectivity index (χ1n) is 10.7. The third kappa shape index (κ3) is 4.10. The predicted octanol–water partition coefficient (Wildman–Crippen LogP) is 3.07. The molecule has 0 unspecified atom stereocenters. The first-order chi connectivity index (χ1) is 15.2. The van der Waals surface area contributed by atoms with Crippen molar-refractivity contribution in [2.24, 2.45) is 0 Å². The number of ether oxygens (including phenoxy) is 1. The van der Waals surface area contributed by atoms with Crippen LogP contribution in [0.1, 0.15) is 37.8 Å². The van der Waals surface area contributed by atoms with Gasteiger partial charge in [0.15, 0.2) is 6.10 Å². The van der Waals surface area contributed by atoms with Crippen LogP contribution in [0.4, 0.5) is 11.4 Å². The highest BCUT2D eigenvalue weighted by Crippen LogP contribution is 2.37. The molecule has 170 valence electrons. The maximum Gasteiger partial charge on any atom is 0.265 e.